The molecule has 0 spiro atoms. The van der Waals surface area contributed by atoms with Crippen LogP contribution in [-0.4, -0.2) is 33.6 Å². The summed E-state index contributed by atoms with van der Waals surface area (Å²) in [5, 5.41) is 6.18. The van der Waals surface area contributed by atoms with Crippen LogP contribution in [0.4, 0.5) is 0 Å². The second-order valence-corrected chi connectivity index (χ2v) is 4.25. The molecule has 0 fully saturated rings. The Hall–Kier alpha value is -2.08. The minimum Gasteiger partial charge on any atom is -0.357 e. The van der Waals surface area contributed by atoms with Gasteiger partial charge in [0.25, 0.3) is 0 Å². The van der Waals surface area contributed by atoms with Crippen molar-refractivity contribution in [2.75, 3.05) is 13.1 Å². The third kappa shape index (κ3) is 5.37. The van der Waals surface area contributed by atoms with Crippen LogP contribution in [0.25, 0.3) is 5.82 Å². The topological polar surface area (TPSA) is 67.1 Å². The van der Waals surface area contributed by atoms with Gasteiger partial charge in [-0.15, -0.1) is 30.4 Å². The third-order valence-corrected chi connectivity index (χ3v) is 2.70. The second-order valence-electron chi connectivity index (χ2n) is 4.25. The number of nitrogens with zero attached hydrogens (tertiary/aromatic N) is 4. The van der Waals surface area contributed by atoms with Gasteiger partial charge in [-0.2, -0.15) is 0 Å². The number of rotatable bonds is 5. The lowest BCUT2D eigenvalue weighted by Gasteiger charge is -2.08. The molecular weight excluding hydrogens is 391 g/mol. The number of terminal acetylenes is 1. The Labute approximate surface area is 147 Å². The zero-order valence-corrected chi connectivity index (χ0v) is 14.7. The van der Waals surface area contributed by atoms with Gasteiger partial charge in [0.15, 0.2) is 5.96 Å². The molecule has 0 bridgehead atoms. The van der Waals surface area contributed by atoms with Crippen LogP contribution in [0.1, 0.15) is 12.5 Å². The highest BCUT2D eigenvalue weighted by Crippen LogP contribution is 2.06. The highest BCUT2D eigenvalue weighted by atomic mass is 127. The van der Waals surface area contributed by atoms with E-state index in [2.05, 4.69) is 31.5 Å². The molecule has 0 saturated carbocycles. The normalized spacial score (nSPS) is 10.5. The average molecular weight is 410 g/mol. The monoisotopic (exact) mass is 410 g/mol. The predicted octanol–water partition coefficient (Wildman–Crippen LogP) is 1.57. The van der Waals surface area contributed by atoms with Crippen molar-refractivity contribution in [2.24, 2.45) is 4.99 Å². The van der Waals surface area contributed by atoms with Gasteiger partial charge in [-0.1, -0.05) is 12.0 Å². The van der Waals surface area contributed by atoms with Crippen LogP contribution in [0.2, 0.25) is 0 Å². The fourth-order valence-corrected chi connectivity index (χ4v) is 1.70. The van der Waals surface area contributed by atoms with Crippen molar-refractivity contribution in [1.29, 1.82) is 0 Å². The molecule has 0 aliphatic heterocycles. The summed E-state index contributed by atoms with van der Waals surface area (Å²) in [5.74, 6) is 4.06. The quantitative estimate of drug-likeness (QED) is 0.340. The average Bonchev–Trinajstić information content (AvgIpc) is 3.05. The van der Waals surface area contributed by atoms with E-state index in [0.717, 1.165) is 17.9 Å². The molecule has 2 rings (SSSR count). The van der Waals surface area contributed by atoms with Crippen LogP contribution in [0.3, 0.4) is 0 Å². The molecule has 0 saturated heterocycles. The summed E-state index contributed by atoms with van der Waals surface area (Å²) in [7, 11) is 0. The molecular formula is C15H19IN6. The number of nitrogens with one attached hydrogen (secondary N) is 2. The Balaban J connectivity index is 0.00000242. The Morgan fingerprint density at radius 2 is 2.27 bits per heavy atom. The van der Waals surface area contributed by atoms with Crippen LogP contribution >= 0.6 is 24.0 Å². The Kier molecular flexibility index (Phi) is 7.99. The lowest BCUT2D eigenvalue weighted by Crippen LogP contribution is -2.37. The fourth-order valence-electron chi connectivity index (χ4n) is 1.70. The van der Waals surface area contributed by atoms with Gasteiger partial charge in [0.05, 0.1) is 13.1 Å². The number of aliphatic imine (C=N–C) groups is 1. The first-order valence-electron chi connectivity index (χ1n) is 6.72. The first-order valence-corrected chi connectivity index (χ1v) is 6.72. The number of guanidine groups is 1. The van der Waals surface area contributed by atoms with Gasteiger partial charge in [0, 0.05) is 25.1 Å². The molecule has 0 unspecified atom stereocenters. The van der Waals surface area contributed by atoms with Gasteiger partial charge in [-0.3, -0.25) is 4.57 Å². The molecule has 2 aromatic rings. The zero-order chi connectivity index (χ0) is 14.9. The summed E-state index contributed by atoms with van der Waals surface area (Å²) >= 11 is 0. The van der Waals surface area contributed by atoms with E-state index in [0.29, 0.717) is 19.0 Å². The van der Waals surface area contributed by atoms with Crippen molar-refractivity contribution in [1.82, 2.24) is 25.2 Å². The summed E-state index contributed by atoms with van der Waals surface area (Å²) in [5.41, 5.74) is 1.02. The van der Waals surface area contributed by atoms with Gasteiger partial charge in [-0.05, 0) is 18.6 Å². The van der Waals surface area contributed by atoms with E-state index in [4.69, 9.17) is 6.42 Å². The van der Waals surface area contributed by atoms with Gasteiger partial charge in [0.2, 0.25) is 0 Å². The summed E-state index contributed by atoms with van der Waals surface area (Å²) in [4.78, 5) is 12.8. The van der Waals surface area contributed by atoms with Gasteiger partial charge < -0.3 is 10.6 Å². The SMILES string of the molecule is C#CCNC(=NCc1ccc(-n2ccnc2)nc1)NCC.I. The van der Waals surface area contributed by atoms with Gasteiger partial charge in [-0.25, -0.2) is 15.0 Å². The zero-order valence-electron chi connectivity index (χ0n) is 12.4. The number of imidazole rings is 1. The second kappa shape index (κ2) is 9.78. The highest BCUT2D eigenvalue weighted by Gasteiger charge is 1.99. The first-order chi connectivity index (χ1) is 10.3. The summed E-state index contributed by atoms with van der Waals surface area (Å²) < 4.78 is 1.85. The number of pyridine rings is 1. The molecule has 2 heterocycles. The minimum absolute atomic E-state index is 0. The van der Waals surface area contributed by atoms with Crippen molar-refractivity contribution in [3.05, 3.63) is 42.6 Å². The lowest BCUT2D eigenvalue weighted by atomic mass is 10.3. The smallest absolute Gasteiger partial charge is 0.192 e. The van der Waals surface area contributed by atoms with E-state index < -0.39 is 0 Å². The van der Waals surface area contributed by atoms with Gasteiger partial charge >= 0.3 is 0 Å². The molecule has 0 radical (unpaired) electrons. The molecule has 116 valence electrons. The lowest BCUT2D eigenvalue weighted by molar-refractivity contribution is 0.863. The standard InChI is InChI=1S/C15H18N6.HI/c1-3-7-18-15(17-4-2)20-11-13-5-6-14(19-10-13)21-9-8-16-12-21;/h1,5-6,8-10,12H,4,7,11H2,2H3,(H2,17,18,20);1H. The number of hydrogen-bond acceptors (Lipinski definition) is 3. The van der Waals surface area contributed by atoms with E-state index in [-0.39, 0.29) is 24.0 Å². The third-order valence-electron chi connectivity index (χ3n) is 2.70. The van der Waals surface area contributed by atoms with Crippen molar-refractivity contribution in [2.45, 2.75) is 13.5 Å². The van der Waals surface area contributed by atoms with Crippen molar-refractivity contribution >= 4 is 29.9 Å². The maximum absolute atomic E-state index is 5.23. The minimum atomic E-state index is 0. The summed E-state index contributed by atoms with van der Waals surface area (Å²) in [6, 6.07) is 3.94. The largest absolute Gasteiger partial charge is 0.357 e. The van der Waals surface area contributed by atoms with Crippen LogP contribution in [0.5, 0.6) is 0 Å². The molecule has 2 aromatic heterocycles. The molecule has 22 heavy (non-hydrogen) atoms. The highest BCUT2D eigenvalue weighted by molar-refractivity contribution is 14.0. The van der Waals surface area contributed by atoms with Crippen LogP contribution < -0.4 is 10.6 Å². The van der Waals surface area contributed by atoms with E-state index in [1.807, 2.05) is 36.0 Å². The van der Waals surface area contributed by atoms with Gasteiger partial charge in [0.1, 0.15) is 12.1 Å². The summed E-state index contributed by atoms with van der Waals surface area (Å²) in [6.45, 7) is 3.78. The van der Waals surface area contributed by atoms with Crippen LogP contribution in [0.15, 0.2) is 42.0 Å². The molecule has 0 aliphatic rings. The van der Waals surface area contributed by atoms with Crippen molar-refractivity contribution in [3.8, 4) is 18.2 Å². The molecule has 0 amide bonds. The first kappa shape index (κ1) is 18.0. The summed E-state index contributed by atoms with van der Waals surface area (Å²) in [6.07, 6.45) is 12.3. The molecule has 2 N–H and O–H groups in total. The van der Waals surface area contributed by atoms with E-state index >= 15 is 0 Å². The number of aromatic nitrogens is 3. The van der Waals surface area contributed by atoms with Crippen LogP contribution in [-0.2, 0) is 6.54 Å². The maximum Gasteiger partial charge on any atom is 0.192 e. The van der Waals surface area contributed by atoms with E-state index in [1.54, 1.807) is 12.5 Å². The molecule has 0 atom stereocenters. The Bertz CT molecular complexity index is 612. The fraction of sp³-hybridized carbons (Fsp3) is 0.267. The molecule has 7 heteroatoms. The van der Waals surface area contributed by atoms with Crippen LogP contribution in [0, 0.1) is 12.3 Å². The van der Waals surface area contributed by atoms with E-state index in [1.165, 1.54) is 0 Å². The molecule has 6 nitrogen and oxygen atoms in total. The molecule has 0 aliphatic carbocycles. The Morgan fingerprint density at radius 1 is 1.41 bits per heavy atom. The number of hydrogen-bond donors (Lipinski definition) is 2. The predicted molar refractivity (Wildman–Crippen MR) is 98.4 cm³/mol. The van der Waals surface area contributed by atoms with E-state index in [9.17, 15) is 0 Å². The molecule has 0 aromatic carbocycles. The van der Waals surface area contributed by atoms with Crippen molar-refractivity contribution < 1.29 is 0 Å². The number of halogens is 1. The van der Waals surface area contributed by atoms with Crippen molar-refractivity contribution in [3.63, 3.8) is 0 Å². The maximum atomic E-state index is 5.23. The Morgan fingerprint density at radius 3 is 2.86 bits per heavy atom.